The number of hydrogen-bond acceptors (Lipinski definition) is 8. The Hall–Kier alpha value is -3.70. The first kappa shape index (κ1) is 32.2. The molecular weight excluding hydrogens is 552 g/mol. The molecule has 2 aliphatic heterocycles. The van der Waals surface area contributed by atoms with E-state index in [9.17, 15) is 14.7 Å². The van der Waals surface area contributed by atoms with Gasteiger partial charge in [-0.15, -0.1) is 0 Å². The second kappa shape index (κ2) is 14.7. The molecule has 4 rings (SSSR count). The van der Waals surface area contributed by atoms with Crippen LogP contribution in [0.5, 0.6) is 17.2 Å². The third-order valence-electron chi connectivity index (χ3n) is 7.98. The Morgan fingerprint density at radius 3 is 2.56 bits per heavy atom. The highest BCUT2D eigenvalue weighted by Crippen LogP contribution is 2.34. The average molecular weight is 599 g/mol. The average Bonchev–Trinajstić information content (AvgIpc) is 3.45. The van der Waals surface area contributed by atoms with Gasteiger partial charge in [-0.2, -0.15) is 0 Å². The molecule has 0 spiro atoms. The molecule has 43 heavy (non-hydrogen) atoms. The van der Waals surface area contributed by atoms with Crippen molar-refractivity contribution in [1.29, 1.82) is 0 Å². The number of anilines is 2. The minimum absolute atomic E-state index is 0.0934. The van der Waals surface area contributed by atoms with Crippen molar-refractivity contribution < 1.29 is 33.6 Å². The van der Waals surface area contributed by atoms with Crippen molar-refractivity contribution in [1.82, 2.24) is 9.80 Å². The maximum atomic E-state index is 14.1. The number of carbonyl (C=O) groups is 2. The van der Waals surface area contributed by atoms with Gasteiger partial charge >= 0.3 is 6.03 Å². The number of fused-ring (bicyclic) bond motifs is 2. The standard InChI is InChI=1S/C32H46N4O7/c1-21-17-36(22(2)19-37)31(38)26-16-25(34(4)5)11-13-27(26)43-23(3)9-7-8-14-40-30(21)18-35(6)32(39)33-24-10-12-28-29(15-24)42-20-41-28/h10-13,15-16,21-23,30,37H,7-9,14,17-20H2,1-6H3,(H,33,39)/t21-,22+,23+,30+/m0/s1. The topological polar surface area (TPSA) is 113 Å². The van der Waals surface area contributed by atoms with Gasteiger partial charge in [-0.25, -0.2) is 4.79 Å². The molecule has 2 aromatic carbocycles. The van der Waals surface area contributed by atoms with Crippen LogP contribution in [0.1, 0.15) is 50.4 Å². The zero-order valence-electron chi connectivity index (χ0n) is 26.2. The van der Waals surface area contributed by atoms with E-state index in [2.05, 4.69) is 5.32 Å². The second-order valence-electron chi connectivity index (χ2n) is 11.8. The highest BCUT2D eigenvalue weighted by molar-refractivity contribution is 5.98. The molecule has 236 valence electrons. The molecule has 11 nitrogen and oxygen atoms in total. The number of nitrogens with zero attached hydrogens (tertiary/aromatic N) is 3. The largest absolute Gasteiger partial charge is 0.490 e. The normalized spacial score (nSPS) is 21.7. The van der Waals surface area contributed by atoms with E-state index < -0.39 is 6.04 Å². The van der Waals surface area contributed by atoms with E-state index in [1.54, 1.807) is 35.0 Å². The molecule has 0 saturated carbocycles. The fraction of sp³-hybridized carbons (Fsp3) is 0.562. The highest BCUT2D eigenvalue weighted by Gasteiger charge is 2.31. The summed E-state index contributed by atoms with van der Waals surface area (Å²) in [6.07, 6.45) is 2.10. The molecule has 2 aromatic rings. The van der Waals surface area contributed by atoms with Gasteiger partial charge in [0.25, 0.3) is 5.91 Å². The summed E-state index contributed by atoms with van der Waals surface area (Å²) in [4.78, 5) is 32.5. The van der Waals surface area contributed by atoms with Gasteiger partial charge in [0.05, 0.1) is 30.4 Å². The number of aliphatic hydroxyl groups excluding tert-OH is 1. The number of urea groups is 1. The molecule has 2 heterocycles. The van der Waals surface area contributed by atoms with Gasteiger partial charge < -0.3 is 44.1 Å². The van der Waals surface area contributed by atoms with Crippen LogP contribution in [0.15, 0.2) is 36.4 Å². The third-order valence-corrected chi connectivity index (χ3v) is 7.98. The summed E-state index contributed by atoms with van der Waals surface area (Å²) >= 11 is 0. The van der Waals surface area contributed by atoms with Gasteiger partial charge in [0.2, 0.25) is 6.79 Å². The van der Waals surface area contributed by atoms with Crippen molar-refractivity contribution in [3.05, 3.63) is 42.0 Å². The summed E-state index contributed by atoms with van der Waals surface area (Å²) in [6, 6.07) is 10.2. The van der Waals surface area contributed by atoms with Crippen LogP contribution in [0.25, 0.3) is 0 Å². The van der Waals surface area contributed by atoms with Crippen LogP contribution in [-0.2, 0) is 4.74 Å². The number of ether oxygens (including phenoxy) is 4. The predicted molar refractivity (Wildman–Crippen MR) is 165 cm³/mol. The van der Waals surface area contributed by atoms with E-state index in [-0.39, 0.29) is 43.5 Å². The lowest BCUT2D eigenvalue weighted by atomic mass is 10.0. The summed E-state index contributed by atoms with van der Waals surface area (Å²) in [5, 5.41) is 13.0. The lowest BCUT2D eigenvalue weighted by Crippen LogP contribution is -2.48. The van der Waals surface area contributed by atoms with E-state index >= 15 is 0 Å². The minimum Gasteiger partial charge on any atom is -0.490 e. The van der Waals surface area contributed by atoms with E-state index in [0.717, 1.165) is 24.9 Å². The van der Waals surface area contributed by atoms with Crippen molar-refractivity contribution in [3.63, 3.8) is 0 Å². The van der Waals surface area contributed by atoms with Crippen LogP contribution < -0.4 is 24.4 Å². The molecule has 0 saturated heterocycles. The Kier molecular flexibility index (Phi) is 11.0. The van der Waals surface area contributed by atoms with Gasteiger partial charge in [0.1, 0.15) is 5.75 Å². The summed E-state index contributed by atoms with van der Waals surface area (Å²) < 4.78 is 23.4. The molecule has 0 unspecified atom stereocenters. The van der Waals surface area contributed by atoms with Crippen LogP contribution in [0, 0.1) is 5.92 Å². The SMILES string of the molecule is C[C@@H]1CCCCO[C@H](CN(C)C(=O)Nc2ccc3c(c2)OCO3)[C@@H](C)CN([C@H](C)CO)C(=O)c2cc(N(C)C)ccc2O1. The van der Waals surface area contributed by atoms with Crippen LogP contribution in [0.2, 0.25) is 0 Å². The van der Waals surface area contributed by atoms with Gasteiger partial charge in [-0.05, 0) is 63.4 Å². The van der Waals surface area contributed by atoms with Crippen LogP contribution in [-0.4, -0.2) is 99.3 Å². The summed E-state index contributed by atoms with van der Waals surface area (Å²) in [6.45, 7) is 6.97. The lowest BCUT2D eigenvalue weighted by Gasteiger charge is -2.36. The number of carbonyl (C=O) groups excluding carboxylic acids is 2. The van der Waals surface area contributed by atoms with E-state index in [1.165, 1.54) is 0 Å². The Morgan fingerprint density at radius 1 is 1.07 bits per heavy atom. The van der Waals surface area contributed by atoms with Crippen molar-refractivity contribution in [2.75, 3.05) is 64.5 Å². The number of likely N-dealkylation sites (N-methyl/N-ethyl adjacent to an activating group) is 1. The highest BCUT2D eigenvalue weighted by atomic mass is 16.7. The minimum atomic E-state index is -0.441. The van der Waals surface area contributed by atoms with E-state index in [1.807, 2.05) is 58.0 Å². The zero-order valence-corrected chi connectivity index (χ0v) is 26.2. The fourth-order valence-electron chi connectivity index (χ4n) is 5.20. The van der Waals surface area contributed by atoms with Gasteiger partial charge in [-0.3, -0.25) is 4.79 Å². The molecule has 11 heteroatoms. The van der Waals surface area contributed by atoms with Crippen molar-refractivity contribution in [3.8, 4) is 17.2 Å². The molecule has 0 radical (unpaired) electrons. The first-order chi connectivity index (χ1) is 20.6. The molecule has 2 aliphatic rings. The molecule has 3 amide bonds. The Bertz CT molecular complexity index is 1260. The van der Waals surface area contributed by atoms with E-state index in [4.69, 9.17) is 18.9 Å². The number of benzene rings is 2. The maximum absolute atomic E-state index is 14.1. The van der Waals surface area contributed by atoms with Gasteiger partial charge in [0.15, 0.2) is 11.5 Å². The third kappa shape index (κ3) is 8.23. The van der Waals surface area contributed by atoms with Gasteiger partial charge in [0, 0.05) is 64.2 Å². The monoisotopic (exact) mass is 598 g/mol. The predicted octanol–water partition coefficient (Wildman–Crippen LogP) is 4.44. The molecule has 0 bridgehead atoms. The Morgan fingerprint density at radius 2 is 1.81 bits per heavy atom. The van der Waals surface area contributed by atoms with Crippen LogP contribution in [0.3, 0.4) is 0 Å². The second-order valence-corrected chi connectivity index (χ2v) is 11.8. The smallest absolute Gasteiger partial charge is 0.321 e. The number of aliphatic hydroxyl groups is 1. The maximum Gasteiger partial charge on any atom is 0.321 e. The van der Waals surface area contributed by atoms with Crippen LogP contribution in [0.4, 0.5) is 16.2 Å². The quantitative estimate of drug-likeness (QED) is 0.502. The molecule has 0 fully saturated rings. The first-order valence-electron chi connectivity index (χ1n) is 15.0. The number of amides is 3. The fourth-order valence-corrected chi connectivity index (χ4v) is 5.20. The molecule has 2 N–H and O–H groups in total. The number of hydrogen-bond donors (Lipinski definition) is 2. The molecule has 0 aromatic heterocycles. The van der Waals surface area contributed by atoms with E-state index in [0.29, 0.717) is 48.2 Å². The summed E-state index contributed by atoms with van der Waals surface area (Å²) in [7, 11) is 5.58. The van der Waals surface area contributed by atoms with Crippen LogP contribution >= 0.6 is 0 Å². The zero-order chi connectivity index (χ0) is 31.1. The lowest BCUT2D eigenvalue weighted by molar-refractivity contribution is -0.0115. The van der Waals surface area contributed by atoms with Crippen molar-refractivity contribution >= 4 is 23.3 Å². The summed E-state index contributed by atoms with van der Waals surface area (Å²) in [5.74, 6) is 1.40. The Labute approximate surface area is 254 Å². The van der Waals surface area contributed by atoms with Crippen molar-refractivity contribution in [2.24, 2.45) is 5.92 Å². The number of rotatable bonds is 6. The molecule has 4 atom stereocenters. The Balaban J connectivity index is 1.55. The summed E-state index contributed by atoms with van der Waals surface area (Å²) in [5.41, 5.74) is 1.94. The molecular formula is C32H46N4O7. The number of nitrogens with one attached hydrogen (secondary N) is 1. The van der Waals surface area contributed by atoms with Gasteiger partial charge in [-0.1, -0.05) is 6.92 Å². The first-order valence-corrected chi connectivity index (χ1v) is 15.0. The molecule has 0 aliphatic carbocycles. The van der Waals surface area contributed by atoms with Crippen molar-refractivity contribution in [2.45, 2.75) is 58.3 Å².